The maximum atomic E-state index is 10.0. The third-order valence-electron chi connectivity index (χ3n) is 7.82. The summed E-state index contributed by atoms with van der Waals surface area (Å²) in [5, 5.41) is 10.0. The normalized spacial score (nSPS) is 49.8. The van der Waals surface area contributed by atoms with E-state index in [-0.39, 0.29) is 6.10 Å². The number of ether oxygens (including phenoxy) is 2. The number of rotatable bonds is 3. The molecule has 4 aliphatic carbocycles. The van der Waals surface area contributed by atoms with Gasteiger partial charge in [0.25, 0.3) is 0 Å². The fraction of sp³-hybridized carbons (Fsp3) is 1.00. The van der Waals surface area contributed by atoms with Crippen LogP contribution in [0, 0.1) is 35.5 Å². The van der Waals surface area contributed by atoms with E-state index in [1.54, 1.807) is 7.11 Å². The SMILES string of the molecule is COCO[C@@H]1CC[C@H]2[C@@H](CC[C@@H]3[C@@H]2CC[C@H]2C[C@@H](O)CC[C@H]23)C1. The van der Waals surface area contributed by atoms with Crippen molar-refractivity contribution in [3.63, 3.8) is 0 Å². The van der Waals surface area contributed by atoms with E-state index in [4.69, 9.17) is 9.47 Å². The van der Waals surface area contributed by atoms with Gasteiger partial charge in [-0.15, -0.1) is 0 Å². The maximum absolute atomic E-state index is 10.0. The van der Waals surface area contributed by atoms with E-state index >= 15 is 0 Å². The lowest BCUT2D eigenvalue weighted by Gasteiger charge is -2.55. The van der Waals surface area contributed by atoms with Crippen molar-refractivity contribution in [2.24, 2.45) is 35.5 Å². The number of fused-ring (bicyclic) bond motifs is 5. The largest absolute Gasteiger partial charge is 0.393 e. The van der Waals surface area contributed by atoms with Gasteiger partial charge in [0.2, 0.25) is 0 Å². The molecule has 8 atom stereocenters. The van der Waals surface area contributed by atoms with Crippen LogP contribution in [0.1, 0.15) is 64.2 Å². The minimum absolute atomic E-state index is 0.00230. The van der Waals surface area contributed by atoms with Crippen LogP contribution < -0.4 is 0 Å². The molecule has 3 heteroatoms. The third kappa shape index (κ3) is 3.21. The molecular weight excluding hydrogens is 288 g/mol. The highest BCUT2D eigenvalue weighted by molar-refractivity contribution is 4.99. The van der Waals surface area contributed by atoms with Gasteiger partial charge < -0.3 is 14.6 Å². The van der Waals surface area contributed by atoms with E-state index in [0.717, 1.165) is 48.3 Å². The highest BCUT2D eigenvalue weighted by atomic mass is 16.7. The molecular formula is C20H34O3. The summed E-state index contributed by atoms with van der Waals surface area (Å²) in [5.74, 6) is 5.58. The molecule has 4 rings (SSSR count). The lowest BCUT2D eigenvalue weighted by Crippen LogP contribution is -2.48. The van der Waals surface area contributed by atoms with Crippen LogP contribution in [0.15, 0.2) is 0 Å². The fourth-order valence-electron chi connectivity index (χ4n) is 6.92. The van der Waals surface area contributed by atoms with Crippen molar-refractivity contribution in [3.05, 3.63) is 0 Å². The Balaban J connectivity index is 1.40. The Bertz CT molecular complexity index is 398. The first-order valence-electron chi connectivity index (χ1n) is 10.0. The van der Waals surface area contributed by atoms with Gasteiger partial charge in [-0.25, -0.2) is 0 Å². The van der Waals surface area contributed by atoms with Crippen LogP contribution in [0.3, 0.4) is 0 Å². The molecule has 4 fully saturated rings. The van der Waals surface area contributed by atoms with E-state index in [1.807, 2.05) is 0 Å². The van der Waals surface area contributed by atoms with Crippen molar-refractivity contribution < 1.29 is 14.6 Å². The molecule has 0 bridgehead atoms. The van der Waals surface area contributed by atoms with Gasteiger partial charge in [-0.05, 0) is 99.7 Å². The monoisotopic (exact) mass is 322 g/mol. The highest BCUT2D eigenvalue weighted by Crippen LogP contribution is 2.57. The fourth-order valence-corrected chi connectivity index (χ4v) is 6.92. The molecule has 0 aromatic rings. The minimum atomic E-state index is -0.00230. The van der Waals surface area contributed by atoms with Gasteiger partial charge in [0, 0.05) is 7.11 Å². The average molecular weight is 322 g/mol. The van der Waals surface area contributed by atoms with Crippen molar-refractivity contribution in [2.75, 3.05) is 13.9 Å². The summed E-state index contributed by atoms with van der Waals surface area (Å²) in [6.07, 6.45) is 13.4. The van der Waals surface area contributed by atoms with E-state index in [2.05, 4.69) is 0 Å². The van der Waals surface area contributed by atoms with Crippen LogP contribution in [0.25, 0.3) is 0 Å². The number of methoxy groups -OCH3 is 1. The second kappa shape index (κ2) is 7.01. The summed E-state index contributed by atoms with van der Waals surface area (Å²) in [7, 11) is 1.72. The second-order valence-electron chi connectivity index (χ2n) is 8.81. The van der Waals surface area contributed by atoms with Crippen LogP contribution in [0.5, 0.6) is 0 Å². The molecule has 0 aromatic carbocycles. The predicted octanol–water partition coefficient (Wildman–Crippen LogP) is 3.99. The van der Waals surface area contributed by atoms with Crippen molar-refractivity contribution in [2.45, 2.75) is 76.4 Å². The topological polar surface area (TPSA) is 38.7 Å². The Kier molecular flexibility index (Phi) is 4.99. The summed E-state index contributed by atoms with van der Waals surface area (Å²) in [6.45, 7) is 0.459. The van der Waals surface area contributed by atoms with Gasteiger partial charge in [-0.2, -0.15) is 0 Å². The molecule has 0 aromatic heterocycles. The number of hydrogen-bond acceptors (Lipinski definition) is 3. The predicted molar refractivity (Wildman–Crippen MR) is 89.9 cm³/mol. The molecule has 0 aliphatic heterocycles. The molecule has 4 aliphatic rings. The second-order valence-corrected chi connectivity index (χ2v) is 8.81. The highest BCUT2D eigenvalue weighted by Gasteiger charge is 2.49. The molecule has 0 unspecified atom stereocenters. The number of hydrogen-bond donors (Lipinski definition) is 1. The molecule has 23 heavy (non-hydrogen) atoms. The molecule has 1 N–H and O–H groups in total. The van der Waals surface area contributed by atoms with Gasteiger partial charge in [0.1, 0.15) is 6.79 Å². The van der Waals surface area contributed by atoms with Gasteiger partial charge in [-0.1, -0.05) is 0 Å². The van der Waals surface area contributed by atoms with Crippen molar-refractivity contribution in [1.82, 2.24) is 0 Å². The van der Waals surface area contributed by atoms with Crippen molar-refractivity contribution in [3.8, 4) is 0 Å². The smallest absolute Gasteiger partial charge is 0.146 e. The van der Waals surface area contributed by atoms with Crippen LogP contribution in [-0.4, -0.2) is 31.2 Å². The van der Waals surface area contributed by atoms with E-state index in [9.17, 15) is 5.11 Å². The molecule has 132 valence electrons. The first-order valence-corrected chi connectivity index (χ1v) is 10.0. The number of aliphatic hydroxyl groups excluding tert-OH is 1. The Hall–Kier alpha value is -0.120. The van der Waals surface area contributed by atoms with Crippen molar-refractivity contribution >= 4 is 0 Å². The lowest BCUT2D eigenvalue weighted by molar-refractivity contribution is -0.118. The quantitative estimate of drug-likeness (QED) is 0.799. The molecule has 0 heterocycles. The average Bonchev–Trinajstić information content (AvgIpc) is 2.58. The van der Waals surface area contributed by atoms with Crippen LogP contribution in [0.4, 0.5) is 0 Å². The Morgan fingerprint density at radius 3 is 2.04 bits per heavy atom. The summed E-state index contributed by atoms with van der Waals surface area (Å²) >= 11 is 0. The Morgan fingerprint density at radius 2 is 1.35 bits per heavy atom. The molecule has 0 spiro atoms. The lowest BCUT2D eigenvalue weighted by atomic mass is 9.51. The summed E-state index contributed by atoms with van der Waals surface area (Å²) in [5.41, 5.74) is 0. The Labute approximate surface area is 141 Å². The minimum Gasteiger partial charge on any atom is -0.393 e. The molecule has 3 nitrogen and oxygen atoms in total. The molecule has 0 radical (unpaired) electrons. The maximum Gasteiger partial charge on any atom is 0.146 e. The molecule has 4 saturated carbocycles. The van der Waals surface area contributed by atoms with Gasteiger partial charge in [0.15, 0.2) is 0 Å². The zero-order valence-electron chi connectivity index (χ0n) is 14.7. The number of aliphatic hydroxyl groups is 1. The molecule has 0 amide bonds. The zero-order chi connectivity index (χ0) is 15.8. The van der Waals surface area contributed by atoms with E-state index < -0.39 is 0 Å². The van der Waals surface area contributed by atoms with Crippen molar-refractivity contribution in [1.29, 1.82) is 0 Å². The third-order valence-corrected chi connectivity index (χ3v) is 7.82. The van der Waals surface area contributed by atoms with Gasteiger partial charge >= 0.3 is 0 Å². The molecule has 0 saturated heterocycles. The van der Waals surface area contributed by atoms with E-state index in [0.29, 0.717) is 12.9 Å². The Morgan fingerprint density at radius 1 is 0.739 bits per heavy atom. The summed E-state index contributed by atoms with van der Waals surface area (Å²) < 4.78 is 11.0. The van der Waals surface area contributed by atoms with Gasteiger partial charge in [-0.3, -0.25) is 0 Å². The standard InChI is InChI=1S/C20H34O3/c1-22-12-23-16-5-9-18-14(11-16)3-7-19-17-8-4-15(21)10-13(17)2-6-20(18)19/h13-21H,2-12H2,1H3/t13-,14-,15-,16+,17+,18-,19-,20+/m0/s1. The van der Waals surface area contributed by atoms with E-state index in [1.165, 1.54) is 51.4 Å². The summed E-state index contributed by atoms with van der Waals surface area (Å²) in [6, 6.07) is 0. The van der Waals surface area contributed by atoms with Crippen LogP contribution in [-0.2, 0) is 9.47 Å². The summed E-state index contributed by atoms with van der Waals surface area (Å²) in [4.78, 5) is 0. The first-order chi connectivity index (χ1) is 11.3. The van der Waals surface area contributed by atoms with Crippen LogP contribution >= 0.6 is 0 Å². The first kappa shape index (κ1) is 16.4. The van der Waals surface area contributed by atoms with Gasteiger partial charge in [0.05, 0.1) is 12.2 Å². The zero-order valence-corrected chi connectivity index (χ0v) is 14.7. The van der Waals surface area contributed by atoms with Crippen LogP contribution in [0.2, 0.25) is 0 Å².